The van der Waals surface area contributed by atoms with Crippen LogP contribution in [0.15, 0.2) is 91.2 Å². The van der Waals surface area contributed by atoms with E-state index in [4.69, 9.17) is 35.0 Å². The van der Waals surface area contributed by atoms with Crippen LogP contribution in [0.1, 0.15) is 0 Å². The summed E-state index contributed by atoms with van der Waals surface area (Å²) in [6, 6.07) is 20.0. The predicted molar refractivity (Wildman–Crippen MR) is 181 cm³/mol. The Morgan fingerprint density at radius 3 is 1.69 bits per heavy atom. The summed E-state index contributed by atoms with van der Waals surface area (Å²) in [4.78, 5) is 47.0. The highest BCUT2D eigenvalue weighted by molar-refractivity contribution is 5.92. The van der Waals surface area contributed by atoms with E-state index < -0.39 is 23.9 Å². The summed E-state index contributed by atoms with van der Waals surface area (Å²) in [5, 5.41) is 37.2. The van der Waals surface area contributed by atoms with Gasteiger partial charge < -0.3 is 39.7 Å². The van der Waals surface area contributed by atoms with Crippen LogP contribution in [0.2, 0.25) is 0 Å². The van der Waals surface area contributed by atoms with Crippen LogP contribution in [0.3, 0.4) is 0 Å². The Bertz CT molecular complexity index is 1680. The van der Waals surface area contributed by atoms with Gasteiger partial charge in [-0.1, -0.05) is 6.07 Å². The first-order valence-electron chi connectivity index (χ1n) is 14.6. The van der Waals surface area contributed by atoms with Gasteiger partial charge in [0.1, 0.15) is 30.4 Å². The Balaban J connectivity index is 0.000000432. The highest BCUT2D eigenvalue weighted by Gasteiger charge is 2.15. The quantitative estimate of drug-likeness (QED) is 0.141. The van der Waals surface area contributed by atoms with Gasteiger partial charge >= 0.3 is 23.9 Å². The summed E-state index contributed by atoms with van der Waals surface area (Å²) < 4.78 is 13.6. The minimum atomic E-state index is -1.26. The zero-order chi connectivity index (χ0) is 36.3. The van der Waals surface area contributed by atoms with E-state index in [-0.39, 0.29) is 0 Å². The van der Waals surface area contributed by atoms with E-state index in [1.165, 1.54) is 0 Å². The minimum absolute atomic E-state index is 0.558. The van der Waals surface area contributed by atoms with Crippen LogP contribution >= 0.6 is 0 Å². The first kappa shape index (κ1) is 39.1. The number of carbonyl (C=O) groups is 4. The molecule has 0 spiro atoms. The van der Waals surface area contributed by atoms with Crippen LogP contribution in [0.4, 0.5) is 0 Å². The molecule has 0 saturated carbocycles. The molecule has 0 bridgehead atoms. The van der Waals surface area contributed by atoms with Gasteiger partial charge in [0.2, 0.25) is 0 Å². The maximum absolute atomic E-state index is 9.55. The Labute approximate surface area is 282 Å². The number of hydrogen-bond acceptors (Lipinski definition) is 10. The molecule has 0 aliphatic carbocycles. The zero-order valence-corrected chi connectivity index (χ0v) is 27.5. The van der Waals surface area contributed by atoms with Crippen LogP contribution in [0.5, 0.6) is 11.5 Å². The third kappa shape index (κ3) is 14.9. The molecule has 15 heteroatoms. The van der Waals surface area contributed by atoms with E-state index in [0.717, 1.165) is 52.6 Å². The van der Waals surface area contributed by atoms with Crippen molar-refractivity contribution in [3.05, 3.63) is 91.2 Å². The Kier molecular flexibility index (Phi) is 16.2. The molecular weight excluding hydrogens is 638 g/mol. The van der Waals surface area contributed by atoms with Gasteiger partial charge in [-0.15, -0.1) is 0 Å². The van der Waals surface area contributed by atoms with E-state index in [9.17, 15) is 19.2 Å². The largest absolute Gasteiger partial charge is 0.492 e. The lowest BCUT2D eigenvalue weighted by molar-refractivity contribution is -0.134. The van der Waals surface area contributed by atoms with Crippen molar-refractivity contribution in [2.24, 2.45) is 0 Å². The number of pyridine rings is 1. The van der Waals surface area contributed by atoms with E-state index in [1.807, 2.05) is 87.5 Å². The third-order valence-corrected chi connectivity index (χ3v) is 5.98. The molecule has 260 valence electrons. The molecule has 0 fully saturated rings. The number of ether oxygens (including phenoxy) is 2. The molecule has 4 rings (SSSR count). The van der Waals surface area contributed by atoms with Crippen molar-refractivity contribution in [3.63, 3.8) is 0 Å². The molecule has 2 aromatic heterocycles. The Morgan fingerprint density at radius 1 is 0.694 bits per heavy atom. The lowest BCUT2D eigenvalue weighted by atomic mass is 10.1. The van der Waals surface area contributed by atoms with Crippen molar-refractivity contribution in [2.75, 3.05) is 54.5 Å². The summed E-state index contributed by atoms with van der Waals surface area (Å²) in [6.07, 6.45) is 4.03. The lowest BCUT2D eigenvalue weighted by Crippen LogP contribution is -2.19. The average Bonchev–Trinajstić information content (AvgIpc) is 3.43. The molecule has 0 saturated heterocycles. The fourth-order valence-electron chi connectivity index (χ4n) is 3.74. The maximum atomic E-state index is 9.55. The number of benzene rings is 2. The van der Waals surface area contributed by atoms with Gasteiger partial charge in [-0.3, -0.25) is 0 Å². The van der Waals surface area contributed by atoms with E-state index >= 15 is 0 Å². The monoisotopic (exact) mass is 677 g/mol. The molecule has 4 aromatic rings. The fourth-order valence-corrected chi connectivity index (χ4v) is 3.74. The van der Waals surface area contributed by atoms with Crippen molar-refractivity contribution in [3.8, 4) is 28.4 Å². The van der Waals surface area contributed by atoms with Gasteiger partial charge in [-0.25, -0.2) is 28.8 Å². The van der Waals surface area contributed by atoms with Gasteiger partial charge in [-0.2, -0.15) is 5.10 Å². The summed E-state index contributed by atoms with van der Waals surface area (Å²) in [5.74, 6) is -3.36. The van der Waals surface area contributed by atoms with Gasteiger partial charge in [0.05, 0.1) is 5.69 Å². The van der Waals surface area contributed by atoms with Gasteiger partial charge in [-0.05, 0) is 76.7 Å². The molecular formula is C34H39N5O10. The molecule has 0 unspecified atom stereocenters. The molecule has 0 aliphatic rings. The van der Waals surface area contributed by atoms with Crippen LogP contribution < -0.4 is 9.47 Å². The molecule has 15 nitrogen and oxygen atoms in total. The van der Waals surface area contributed by atoms with E-state index in [1.54, 1.807) is 6.20 Å². The molecule has 4 N–H and O–H groups in total. The van der Waals surface area contributed by atoms with Crippen molar-refractivity contribution in [2.45, 2.75) is 0 Å². The van der Waals surface area contributed by atoms with Crippen LogP contribution in [-0.4, -0.2) is 123 Å². The van der Waals surface area contributed by atoms with Crippen molar-refractivity contribution in [1.29, 1.82) is 0 Å². The van der Waals surface area contributed by atoms with Gasteiger partial charge in [0.25, 0.3) is 0 Å². The first-order valence-corrected chi connectivity index (χ1v) is 14.6. The normalized spacial score (nSPS) is 10.8. The molecule has 49 heavy (non-hydrogen) atoms. The predicted octanol–water partition coefficient (Wildman–Crippen LogP) is 3.39. The number of nitrogens with zero attached hydrogens (tertiary/aromatic N) is 5. The number of fused-ring (bicyclic) bond motifs is 1. The molecule has 0 atom stereocenters. The standard InChI is InChI=1S/C26H31N5O2.2C4H4O4/c1-29(2)15-17-32-22-12-10-20(11-13-22)25-24-9-6-14-27-26(24)31(28-25)21-7-5-8-23(19-21)33-18-16-30(3)4;2*5-3(6)1-2-4(7)8/h5-14,19H,15-18H2,1-4H3;2*1-2H,(H,5,6)(H,7,8)/b;2*2-1+. The molecule has 2 aromatic carbocycles. The fraction of sp³-hybridized carbons (Fsp3) is 0.235. The number of aliphatic carboxylic acids is 4. The van der Waals surface area contributed by atoms with Crippen molar-refractivity contribution in [1.82, 2.24) is 24.6 Å². The summed E-state index contributed by atoms with van der Waals surface area (Å²) in [5.41, 5.74) is 3.63. The number of hydrogen-bond donors (Lipinski definition) is 4. The molecule has 0 radical (unpaired) electrons. The van der Waals surface area contributed by atoms with Crippen molar-refractivity contribution < 1.29 is 49.1 Å². The minimum Gasteiger partial charge on any atom is -0.492 e. The second-order valence-electron chi connectivity index (χ2n) is 10.5. The number of carboxylic acid groups (broad SMARTS) is 4. The maximum Gasteiger partial charge on any atom is 0.328 e. The van der Waals surface area contributed by atoms with Crippen LogP contribution in [0, 0.1) is 0 Å². The number of carboxylic acids is 4. The highest BCUT2D eigenvalue weighted by Crippen LogP contribution is 2.30. The second-order valence-corrected chi connectivity index (χ2v) is 10.5. The van der Waals surface area contributed by atoms with Gasteiger partial charge in [0, 0.05) is 60.6 Å². The molecule has 0 amide bonds. The second kappa shape index (κ2) is 20.2. The highest BCUT2D eigenvalue weighted by atomic mass is 16.5. The van der Waals surface area contributed by atoms with Crippen molar-refractivity contribution >= 4 is 34.9 Å². The summed E-state index contributed by atoms with van der Waals surface area (Å²) in [7, 11) is 8.14. The van der Waals surface area contributed by atoms with E-state index in [0.29, 0.717) is 37.5 Å². The van der Waals surface area contributed by atoms with E-state index in [2.05, 4.69) is 20.9 Å². The Morgan fingerprint density at radius 2 is 1.20 bits per heavy atom. The average molecular weight is 678 g/mol. The number of rotatable bonds is 14. The topological polar surface area (TPSA) is 205 Å². The third-order valence-electron chi connectivity index (χ3n) is 5.98. The first-order chi connectivity index (χ1) is 23.3. The van der Waals surface area contributed by atoms with Crippen LogP contribution in [-0.2, 0) is 19.2 Å². The molecule has 0 aliphatic heterocycles. The molecule has 2 heterocycles. The van der Waals surface area contributed by atoms with Crippen LogP contribution in [0.25, 0.3) is 28.0 Å². The summed E-state index contributed by atoms with van der Waals surface area (Å²) in [6.45, 7) is 3.01. The van der Waals surface area contributed by atoms with Gasteiger partial charge in [0.15, 0.2) is 5.65 Å². The zero-order valence-electron chi connectivity index (χ0n) is 27.5. The SMILES string of the molecule is CN(C)CCOc1ccc(-c2nn(-c3cccc(OCCN(C)C)c3)c3ncccc23)cc1.O=C(O)/C=C/C(=O)O.O=C(O)/C=C/C(=O)O. The Hall–Kier alpha value is -6.06. The summed E-state index contributed by atoms with van der Waals surface area (Å²) >= 11 is 0. The number of aromatic nitrogens is 3. The number of likely N-dealkylation sites (N-methyl/N-ethyl adjacent to an activating group) is 2. The smallest absolute Gasteiger partial charge is 0.328 e. The lowest BCUT2D eigenvalue weighted by Gasteiger charge is -2.12.